The number of carbonyl (C=O) groups is 2. The van der Waals surface area contributed by atoms with Gasteiger partial charge in [0, 0.05) is 24.0 Å². The van der Waals surface area contributed by atoms with Crippen molar-refractivity contribution in [3.8, 4) is 0 Å². The Kier molecular flexibility index (Phi) is 15.2. The molecule has 0 aromatic carbocycles. The molecule has 12 nitrogen and oxygen atoms in total. The molecule has 4 N–H and O–H groups in total. The Morgan fingerprint density at radius 3 is 2.36 bits per heavy atom. The van der Waals surface area contributed by atoms with Crippen molar-refractivity contribution in [2.45, 2.75) is 134 Å². The van der Waals surface area contributed by atoms with Gasteiger partial charge in [-0.1, -0.05) is 52.0 Å². The number of cyclic esters (lactones) is 1. The maximum atomic E-state index is 13.1. The molecule has 12 heteroatoms. The predicted molar refractivity (Wildman–Crippen MR) is 174 cm³/mol. The fourth-order valence-corrected chi connectivity index (χ4v) is 6.59. The highest BCUT2D eigenvalue weighted by Gasteiger charge is 2.43. The molecule has 3 aliphatic rings. The van der Waals surface area contributed by atoms with E-state index < -0.39 is 61.1 Å². The van der Waals surface area contributed by atoms with Gasteiger partial charge in [0.05, 0.1) is 37.1 Å². The van der Waals surface area contributed by atoms with E-state index in [1.54, 1.807) is 31.2 Å². The molecular weight excluding hydrogens is 610 g/mol. The van der Waals surface area contributed by atoms with E-state index in [0.717, 1.165) is 6.42 Å². The van der Waals surface area contributed by atoms with Gasteiger partial charge in [0.15, 0.2) is 18.2 Å². The molecule has 0 amide bonds. The van der Waals surface area contributed by atoms with E-state index in [2.05, 4.69) is 0 Å². The summed E-state index contributed by atoms with van der Waals surface area (Å²) in [5, 5.41) is 41.2. The summed E-state index contributed by atoms with van der Waals surface area (Å²) in [4.78, 5) is 27.7. The van der Waals surface area contributed by atoms with Crippen molar-refractivity contribution in [3.05, 3.63) is 36.5 Å². The Morgan fingerprint density at radius 2 is 1.70 bits per heavy atom. The fourth-order valence-electron chi connectivity index (χ4n) is 6.59. The highest BCUT2D eigenvalue weighted by atomic mass is 16.7. The van der Waals surface area contributed by atoms with E-state index in [-0.39, 0.29) is 48.4 Å². The first-order valence-corrected chi connectivity index (χ1v) is 16.9. The number of aliphatic hydroxyl groups excluding tert-OH is 4. The number of carbonyl (C=O) groups excluding carboxylic acids is 2. The molecule has 0 radical (unpaired) electrons. The number of hydrogen-bond acceptors (Lipinski definition) is 12. The Morgan fingerprint density at radius 1 is 1.00 bits per heavy atom. The SMILES string of the molecule is CC[C@H]1O[C@@H]([C@@H](C)C[C@@H](C)C(=O)/C=C/C=C[C@@H]2O[C@H](C)C[C@H](N(C)C)[C@H]2O)[C@@H](C)/C=C/C(=O)O[C@@H]1CO[C@@H]1O[C@H](C)[C@@H](O)[C@@H](O)[C@H]1O. The van der Waals surface area contributed by atoms with Crippen molar-refractivity contribution in [1.82, 2.24) is 4.90 Å². The Labute approximate surface area is 279 Å². The van der Waals surface area contributed by atoms with Crippen LogP contribution in [-0.2, 0) is 33.3 Å². The van der Waals surface area contributed by atoms with Crippen LogP contribution in [0.4, 0.5) is 0 Å². The topological polar surface area (TPSA) is 164 Å². The van der Waals surface area contributed by atoms with Crippen LogP contribution < -0.4 is 0 Å². The standard InChI is InChI=1S/C35H57NO11/c1-9-26-28(18-43-35-33(42)32(41)30(39)23(6)45-35)46-29(38)15-14-19(2)34(47-26)21(4)16-20(3)25(37)12-10-11-13-27-31(40)24(36(7)8)17-22(5)44-27/h10-15,19-24,26-28,30-35,39-42H,9,16-18H2,1-8H3/b12-10+,13-11?,15-14+/t19-,20+,21-,22+,23+,24-,26+,27-,28+,30+,31+,32+,33+,34+,35+/m0/s1. The maximum Gasteiger partial charge on any atom is 0.330 e. The summed E-state index contributed by atoms with van der Waals surface area (Å²) in [6.07, 6.45) is 2.54. The third-order valence-corrected chi connectivity index (χ3v) is 9.50. The summed E-state index contributed by atoms with van der Waals surface area (Å²) in [6.45, 7) is 11.1. The molecule has 3 heterocycles. The second-order valence-corrected chi connectivity index (χ2v) is 13.7. The van der Waals surface area contributed by atoms with Crippen molar-refractivity contribution >= 4 is 11.8 Å². The van der Waals surface area contributed by atoms with Gasteiger partial charge in [-0.15, -0.1) is 0 Å². The highest BCUT2D eigenvalue weighted by Crippen LogP contribution is 2.30. The number of ether oxygens (including phenoxy) is 5. The zero-order valence-electron chi connectivity index (χ0n) is 29.0. The molecule has 0 spiro atoms. The van der Waals surface area contributed by atoms with Crippen LogP contribution in [-0.4, -0.2) is 131 Å². The van der Waals surface area contributed by atoms with E-state index in [4.69, 9.17) is 23.7 Å². The molecule has 0 saturated carbocycles. The molecule has 47 heavy (non-hydrogen) atoms. The van der Waals surface area contributed by atoms with Crippen LogP contribution >= 0.6 is 0 Å². The number of ketones is 1. The van der Waals surface area contributed by atoms with Crippen LogP contribution in [0, 0.1) is 17.8 Å². The number of aliphatic hydroxyl groups is 4. The number of likely N-dealkylation sites (N-methyl/N-ethyl adjacent to an activating group) is 1. The molecule has 2 saturated heterocycles. The highest BCUT2D eigenvalue weighted by molar-refractivity contribution is 5.91. The maximum absolute atomic E-state index is 13.1. The van der Waals surface area contributed by atoms with Gasteiger partial charge in [-0.3, -0.25) is 4.79 Å². The number of allylic oxidation sites excluding steroid dienone is 3. The van der Waals surface area contributed by atoms with Crippen molar-refractivity contribution in [3.63, 3.8) is 0 Å². The van der Waals surface area contributed by atoms with Gasteiger partial charge in [-0.2, -0.15) is 0 Å². The van der Waals surface area contributed by atoms with Crippen LogP contribution in [0.15, 0.2) is 36.5 Å². The summed E-state index contributed by atoms with van der Waals surface area (Å²) in [7, 11) is 3.88. The minimum atomic E-state index is -1.49. The Hall–Kier alpha value is -2.00. The summed E-state index contributed by atoms with van der Waals surface area (Å²) in [5.74, 6) is -1.14. The van der Waals surface area contributed by atoms with Crippen LogP contribution in [0.25, 0.3) is 0 Å². The molecule has 268 valence electrons. The molecule has 3 rings (SSSR count). The first kappa shape index (κ1) is 39.4. The fraction of sp³-hybridized carbons (Fsp3) is 0.771. The first-order chi connectivity index (χ1) is 22.1. The number of nitrogens with zero attached hydrogens (tertiary/aromatic N) is 1. The Balaban J connectivity index is 1.62. The predicted octanol–water partition coefficient (Wildman–Crippen LogP) is 1.92. The van der Waals surface area contributed by atoms with E-state index in [1.807, 2.05) is 53.6 Å². The molecule has 0 aromatic rings. The quantitative estimate of drug-likeness (QED) is 0.136. The lowest BCUT2D eigenvalue weighted by atomic mass is 9.84. The summed E-state index contributed by atoms with van der Waals surface area (Å²) < 4.78 is 29.5. The molecule has 15 atom stereocenters. The van der Waals surface area contributed by atoms with Gasteiger partial charge in [-0.25, -0.2) is 4.79 Å². The molecule has 0 unspecified atom stereocenters. The zero-order valence-corrected chi connectivity index (χ0v) is 29.0. The van der Waals surface area contributed by atoms with E-state index >= 15 is 0 Å². The van der Waals surface area contributed by atoms with E-state index in [9.17, 15) is 30.0 Å². The lowest BCUT2D eigenvalue weighted by molar-refractivity contribution is -0.299. The summed E-state index contributed by atoms with van der Waals surface area (Å²) >= 11 is 0. The van der Waals surface area contributed by atoms with Gasteiger partial charge in [0.2, 0.25) is 0 Å². The van der Waals surface area contributed by atoms with Gasteiger partial charge >= 0.3 is 5.97 Å². The van der Waals surface area contributed by atoms with Crippen LogP contribution in [0.3, 0.4) is 0 Å². The zero-order chi connectivity index (χ0) is 35.0. The third kappa shape index (κ3) is 10.7. The number of rotatable bonds is 12. The monoisotopic (exact) mass is 667 g/mol. The van der Waals surface area contributed by atoms with Crippen LogP contribution in [0.5, 0.6) is 0 Å². The van der Waals surface area contributed by atoms with Crippen LogP contribution in [0.1, 0.15) is 60.8 Å². The summed E-state index contributed by atoms with van der Waals surface area (Å²) in [6, 6.07) is -0.0102. The molecule has 0 aliphatic carbocycles. The lowest BCUT2D eigenvalue weighted by Crippen LogP contribution is -2.57. The Bertz CT molecular complexity index is 1100. The van der Waals surface area contributed by atoms with Gasteiger partial charge in [0.25, 0.3) is 0 Å². The van der Waals surface area contributed by atoms with E-state index in [1.165, 1.54) is 12.2 Å². The molecule has 2 fully saturated rings. The second-order valence-electron chi connectivity index (χ2n) is 13.7. The van der Waals surface area contributed by atoms with Gasteiger partial charge in [0.1, 0.15) is 24.4 Å². The lowest BCUT2D eigenvalue weighted by Gasteiger charge is -2.40. The minimum absolute atomic E-state index is 0.0102. The average molecular weight is 668 g/mol. The summed E-state index contributed by atoms with van der Waals surface area (Å²) in [5.41, 5.74) is 0. The average Bonchev–Trinajstić information content (AvgIpc) is 3.08. The van der Waals surface area contributed by atoms with Crippen molar-refractivity contribution in [2.75, 3.05) is 20.7 Å². The number of hydrogen-bond donors (Lipinski definition) is 4. The molecule has 0 aromatic heterocycles. The molecule has 0 bridgehead atoms. The van der Waals surface area contributed by atoms with Gasteiger partial charge < -0.3 is 49.0 Å². The minimum Gasteiger partial charge on any atom is -0.454 e. The largest absolute Gasteiger partial charge is 0.454 e. The first-order valence-electron chi connectivity index (χ1n) is 16.9. The van der Waals surface area contributed by atoms with Crippen molar-refractivity contribution in [1.29, 1.82) is 0 Å². The molecule has 3 aliphatic heterocycles. The van der Waals surface area contributed by atoms with Crippen molar-refractivity contribution < 1.29 is 53.7 Å². The smallest absolute Gasteiger partial charge is 0.330 e. The van der Waals surface area contributed by atoms with Crippen LogP contribution in [0.2, 0.25) is 0 Å². The van der Waals surface area contributed by atoms with Gasteiger partial charge in [-0.05, 0) is 59.2 Å². The normalized spacial score (nSPS) is 40.9. The van der Waals surface area contributed by atoms with Crippen molar-refractivity contribution in [2.24, 2.45) is 17.8 Å². The molecular formula is C35H57NO11. The van der Waals surface area contributed by atoms with E-state index in [0.29, 0.717) is 12.8 Å². The third-order valence-electron chi connectivity index (χ3n) is 9.50. The second kappa shape index (κ2) is 18.1. The number of esters is 1.